The molecule has 0 amide bonds. The van der Waals surface area contributed by atoms with Crippen molar-refractivity contribution in [3.8, 4) is 16.9 Å². The molecule has 0 spiro atoms. The lowest BCUT2D eigenvalue weighted by molar-refractivity contribution is 0.616. The molecule has 4 aromatic heterocycles. The van der Waals surface area contributed by atoms with Crippen molar-refractivity contribution < 1.29 is 4.42 Å². The summed E-state index contributed by atoms with van der Waals surface area (Å²) >= 11 is 0. The van der Waals surface area contributed by atoms with Crippen LogP contribution in [0.15, 0.2) is 96.0 Å². The number of pyridine rings is 2. The molecule has 0 N–H and O–H groups in total. The van der Waals surface area contributed by atoms with Gasteiger partial charge in [0.1, 0.15) is 11.4 Å². The van der Waals surface area contributed by atoms with Crippen LogP contribution in [0.2, 0.25) is 0 Å². The first kappa shape index (κ1) is 15.2. The number of aromatic nitrogens is 3. The van der Waals surface area contributed by atoms with E-state index in [4.69, 9.17) is 9.40 Å². The molecule has 4 heteroatoms. The smallest absolute Gasteiger partial charge is 0.138 e. The van der Waals surface area contributed by atoms with E-state index in [9.17, 15) is 0 Å². The molecule has 0 atom stereocenters. The van der Waals surface area contributed by atoms with Crippen LogP contribution < -0.4 is 0 Å². The minimum Gasteiger partial charge on any atom is -0.464 e. The molecule has 6 rings (SSSR count). The molecule has 0 aliphatic carbocycles. The van der Waals surface area contributed by atoms with Gasteiger partial charge in [-0.3, -0.25) is 9.55 Å². The van der Waals surface area contributed by atoms with E-state index in [2.05, 4.69) is 52.0 Å². The van der Waals surface area contributed by atoms with E-state index in [0.29, 0.717) is 0 Å². The molecule has 6 aromatic rings. The Bertz CT molecular complexity index is 1460. The highest BCUT2D eigenvalue weighted by Crippen LogP contribution is 2.37. The van der Waals surface area contributed by atoms with Gasteiger partial charge in [0, 0.05) is 40.3 Å². The van der Waals surface area contributed by atoms with Crippen LogP contribution in [0.3, 0.4) is 0 Å². The van der Waals surface area contributed by atoms with Crippen LogP contribution in [0.4, 0.5) is 0 Å². The van der Waals surface area contributed by atoms with Crippen LogP contribution in [0.5, 0.6) is 0 Å². The minimum atomic E-state index is 0.885. The fourth-order valence-corrected chi connectivity index (χ4v) is 4.01. The van der Waals surface area contributed by atoms with Crippen LogP contribution >= 0.6 is 0 Å². The van der Waals surface area contributed by atoms with Gasteiger partial charge in [0.2, 0.25) is 0 Å². The monoisotopic (exact) mass is 361 g/mol. The van der Waals surface area contributed by atoms with Crippen molar-refractivity contribution >= 4 is 32.8 Å². The van der Waals surface area contributed by atoms with E-state index in [1.54, 1.807) is 12.5 Å². The normalized spacial score (nSPS) is 11.6. The van der Waals surface area contributed by atoms with Gasteiger partial charge in [-0.2, -0.15) is 0 Å². The summed E-state index contributed by atoms with van der Waals surface area (Å²) in [6, 6.07) is 22.8. The maximum atomic E-state index is 5.64. The SMILES string of the molecule is c1cncc(-c2ccnc(-n3c4ccccc4c4c5ccoc5ccc43)c2)c1. The van der Waals surface area contributed by atoms with Crippen LogP contribution in [0.1, 0.15) is 0 Å². The van der Waals surface area contributed by atoms with Crippen molar-refractivity contribution in [2.24, 2.45) is 0 Å². The molecular formula is C24H15N3O. The molecule has 0 aliphatic rings. The Kier molecular flexibility index (Phi) is 3.14. The number of para-hydroxylation sites is 1. The zero-order valence-electron chi connectivity index (χ0n) is 14.9. The molecule has 0 saturated heterocycles. The third-order valence-electron chi connectivity index (χ3n) is 5.24. The first-order chi connectivity index (χ1) is 13.9. The van der Waals surface area contributed by atoms with Gasteiger partial charge in [0.25, 0.3) is 0 Å². The summed E-state index contributed by atoms with van der Waals surface area (Å²) in [6.07, 6.45) is 7.26. The number of rotatable bonds is 2. The van der Waals surface area contributed by atoms with Crippen molar-refractivity contribution in [3.05, 3.63) is 91.6 Å². The van der Waals surface area contributed by atoms with E-state index in [1.807, 2.05) is 36.7 Å². The van der Waals surface area contributed by atoms with Gasteiger partial charge >= 0.3 is 0 Å². The topological polar surface area (TPSA) is 43.9 Å². The number of fused-ring (bicyclic) bond motifs is 5. The quantitative estimate of drug-likeness (QED) is 0.381. The van der Waals surface area contributed by atoms with E-state index in [1.165, 1.54) is 10.8 Å². The zero-order chi connectivity index (χ0) is 18.5. The highest BCUT2D eigenvalue weighted by molar-refractivity contribution is 6.20. The number of nitrogens with zero attached hydrogens (tertiary/aromatic N) is 3. The number of hydrogen-bond acceptors (Lipinski definition) is 3. The lowest BCUT2D eigenvalue weighted by Gasteiger charge is -2.09. The van der Waals surface area contributed by atoms with Crippen LogP contribution in [-0.4, -0.2) is 14.5 Å². The summed E-state index contributed by atoms with van der Waals surface area (Å²) in [6.45, 7) is 0. The summed E-state index contributed by atoms with van der Waals surface area (Å²) in [5, 5.41) is 3.50. The fraction of sp³-hybridized carbons (Fsp3) is 0. The number of hydrogen-bond donors (Lipinski definition) is 0. The van der Waals surface area contributed by atoms with E-state index < -0.39 is 0 Å². The summed E-state index contributed by atoms with van der Waals surface area (Å²) in [7, 11) is 0. The minimum absolute atomic E-state index is 0.885. The van der Waals surface area contributed by atoms with Gasteiger partial charge in [-0.25, -0.2) is 4.98 Å². The Hall–Kier alpha value is -3.92. The van der Waals surface area contributed by atoms with Gasteiger partial charge in [0.05, 0.1) is 17.3 Å². The summed E-state index contributed by atoms with van der Waals surface area (Å²) in [5.41, 5.74) is 5.30. The predicted octanol–water partition coefficient (Wildman–Crippen LogP) is 5.99. The van der Waals surface area contributed by atoms with Crippen molar-refractivity contribution in [2.75, 3.05) is 0 Å². The summed E-state index contributed by atoms with van der Waals surface area (Å²) in [5.74, 6) is 0.885. The molecule has 4 heterocycles. The second-order valence-electron chi connectivity index (χ2n) is 6.79. The van der Waals surface area contributed by atoms with Gasteiger partial charge in [-0.05, 0) is 48.0 Å². The largest absolute Gasteiger partial charge is 0.464 e. The molecule has 0 fully saturated rings. The number of benzene rings is 2. The summed E-state index contributed by atoms with van der Waals surface area (Å²) in [4.78, 5) is 8.94. The highest BCUT2D eigenvalue weighted by Gasteiger charge is 2.16. The number of furan rings is 1. The van der Waals surface area contributed by atoms with E-state index in [0.717, 1.165) is 38.9 Å². The third-order valence-corrected chi connectivity index (χ3v) is 5.24. The first-order valence-corrected chi connectivity index (χ1v) is 9.16. The Labute approximate surface area is 160 Å². The second kappa shape index (κ2) is 5.79. The molecule has 28 heavy (non-hydrogen) atoms. The van der Waals surface area contributed by atoms with E-state index >= 15 is 0 Å². The Balaban J connectivity index is 1.71. The van der Waals surface area contributed by atoms with Crippen LogP contribution in [0, 0.1) is 0 Å². The highest BCUT2D eigenvalue weighted by atomic mass is 16.3. The third kappa shape index (κ3) is 2.12. The molecule has 0 aliphatic heterocycles. The maximum Gasteiger partial charge on any atom is 0.138 e. The Morgan fingerprint density at radius 3 is 2.64 bits per heavy atom. The molecular weight excluding hydrogens is 346 g/mol. The molecule has 0 bridgehead atoms. The molecule has 0 unspecified atom stereocenters. The zero-order valence-corrected chi connectivity index (χ0v) is 14.9. The van der Waals surface area contributed by atoms with Gasteiger partial charge < -0.3 is 4.42 Å². The summed E-state index contributed by atoms with van der Waals surface area (Å²) < 4.78 is 7.85. The average Bonchev–Trinajstić information content (AvgIpc) is 3.36. The molecule has 4 nitrogen and oxygen atoms in total. The molecule has 132 valence electrons. The van der Waals surface area contributed by atoms with Crippen LogP contribution in [0.25, 0.3) is 49.7 Å². The predicted molar refractivity (Wildman–Crippen MR) is 112 cm³/mol. The lowest BCUT2D eigenvalue weighted by atomic mass is 10.1. The lowest BCUT2D eigenvalue weighted by Crippen LogP contribution is -1.97. The van der Waals surface area contributed by atoms with Crippen molar-refractivity contribution in [1.29, 1.82) is 0 Å². The first-order valence-electron chi connectivity index (χ1n) is 9.16. The van der Waals surface area contributed by atoms with Crippen molar-refractivity contribution in [3.63, 3.8) is 0 Å². The van der Waals surface area contributed by atoms with Gasteiger partial charge in [-0.15, -0.1) is 0 Å². The van der Waals surface area contributed by atoms with Crippen molar-refractivity contribution in [1.82, 2.24) is 14.5 Å². The Morgan fingerprint density at radius 1 is 0.750 bits per heavy atom. The molecule has 2 aromatic carbocycles. The molecule has 0 saturated carbocycles. The average molecular weight is 361 g/mol. The van der Waals surface area contributed by atoms with Gasteiger partial charge in [-0.1, -0.05) is 24.3 Å². The Morgan fingerprint density at radius 2 is 1.71 bits per heavy atom. The fourth-order valence-electron chi connectivity index (χ4n) is 4.01. The van der Waals surface area contributed by atoms with Gasteiger partial charge in [0.15, 0.2) is 0 Å². The van der Waals surface area contributed by atoms with E-state index in [-0.39, 0.29) is 0 Å². The maximum absolute atomic E-state index is 5.64. The molecule has 0 radical (unpaired) electrons. The second-order valence-corrected chi connectivity index (χ2v) is 6.79. The standard InChI is InChI=1S/C24H15N3O/c1-2-6-20-18(5-1)24-19-10-13-28-22(19)8-7-21(24)27(20)23-14-16(9-12-26-23)17-4-3-11-25-15-17/h1-15H. The van der Waals surface area contributed by atoms with Crippen molar-refractivity contribution in [2.45, 2.75) is 0 Å². The van der Waals surface area contributed by atoms with Crippen LogP contribution in [-0.2, 0) is 0 Å².